The van der Waals surface area contributed by atoms with Crippen LogP contribution in [0.25, 0.3) is 5.65 Å². The maximum atomic E-state index is 11.8. The smallest absolute Gasteiger partial charge is 0.188 e. The predicted octanol–water partition coefficient (Wildman–Crippen LogP) is 1.89. The zero-order chi connectivity index (χ0) is 10.3. The van der Waals surface area contributed by atoms with Gasteiger partial charge in [-0.15, -0.1) is 0 Å². The molecular formula is C10H13N3O. The van der Waals surface area contributed by atoms with E-state index in [-0.39, 0.29) is 11.2 Å². The molecule has 0 spiro atoms. The minimum absolute atomic E-state index is 0.0644. The molecule has 0 radical (unpaired) electrons. The third-order valence-electron chi connectivity index (χ3n) is 2.10. The number of nitrogens with one attached hydrogen (secondary N) is 1. The fourth-order valence-electron chi connectivity index (χ4n) is 1.30. The molecule has 0 aliphatic heterocycles. The highest BCUT2D eigenvalue weighted by Gasteiger charge is 2.25. The predicted molar refractivity (Wildman–Crippen MR) is 53.3 cm³/mol. The maximum Gasteiger partial charge on any atom is 0.188 e. The second kappa shape index (κ2) is 2.70. The first-order chi connectivity index (χ1) is 6.48. The number of fused-ring (bicyclic) bond motifs is 1. The first-order valence-electron chi connectivity index (χ1n) is 4.56. The van der Waals surface area contributed by atoms with E-state index in [0.29, 0.717) is 5.69 Å². The molecule has 2 heterocycles. The monoisotopic (exact) mass is 191 g/mol. The van der Waals surface area contributed by atoms with Gasteiger partial charge in [0, 0.05) is 23.9 Å². The Morgan fingerprint density at radius 3 is 2.79 bits per heavy atom. The Balaban J connectivity index is 2.45. The van der Waals surface area contributed by atoms with Crippen LogP contribution in [-0.4, -0.2) is 20.4 Å². The van der Waals surface area contributed by atoms with Crippen LogP contribution in [0.2, 0.25) is 0 Å². The second-order valence-corrected chi connectivity index (χ2v) is 4.40. The summed E-state index contributed by atoms with van der Waals surface area (Å²) < 4.78 is 1.67. The number of rotatable bonds is 1. The summed E-state index contributed by atoms with van der Waals surface area (Å²) in [7, 11) is 0. The number of hydrogen-bond acceptors (Lipinski definition) is 2. The van der Waals surface area contributed by atoms with Crippen LogP contribution >= 0.6 is 0 Å². The normalized spacial score (nSPS) is 12.2. The minimum atomic E-state index is -0.376. The third kappa shape index (κ3) is 1.32. The molecule has 0 fully saturated rings. The Morgan fingerprint density at radius 2 is 2.21 bits per heavy atom. The van der Waals surface area contributed by atoms with Crippen LogP contribution in [0.4, 0.5) is 0 Å². The fraction of sp³-hybridized carbons (Fsp3) is 0.400. The number of hydrogen-bond donors (Lipinski definition) is 1. The fourth-order valence-corrected chi connectivity index (χ4v) is 1.30. The molecule has 0 unspecified atom stereocenters. The number of nitrogens with zero attached hydrogens (tertiary/aromatic N) is 2. The lowest BCUT2D eigenvalue weighted by Crippen LogP contribution is -2.20. The average Bonchev–Trinajstić information content (AvgIpc) is 2.58. The molecule has 0 saturated carbocycles. The molecule has 0 aliphatic carbocycles. The Bertz CT molecular complexity index is 444. The summed E-state index contributed by atoms with van der Waals surface area (Å²) in [5.41, 5.74) is 0.987. The number of aromatic amines is 1. The van der Waals surface area contributed by atoms with E-state index in [1.807, 2.05) is 20.8 Å². The van der Waals surface area contributed by atoms with Crippen molar-refractivity contribution in [1.82, 2.24) is 14.6 Å². The van der Waals surface area contributed by atoms with Crippen molar-refractivity contribution in [2.45, 2.75) is 20.8 Å². The zero-order valence-corrected chi connectivity index (χ0v) is 8.53. The molecule has 2 aromatic heterocycles. The van der Waals surface area contributed by atoms with E-state index in [9.17, 15) is 4.79 Å². The van der Waals surface area contributed by atoms with Gasteiger partial charge < -0.3 is 4.98 Å². The van der Waals surface area contributed by atoms with Gasteiger partial charge in [-0.25, -0.2) is 4.52 Å². The molecule has 2 aromatic rings. The molecule has 0 amide bonds. The van der Waals surface area contributed by atoms with Crippen molar-refractivity contribution in [1.29, 1.82) is 0 Å². The minimum Gasteiger partial charge on any atom is -0.345 e. The lowest BCUT2D eigenvalue weighted by atomic mass is 9.89. The van der Waals surface area contributed by atoms with Crippen LogP contribution in [0.5, 0.6) is 0 Å². The molecule has 1 N–H and O–H groups in total. The topological polar surface area (TPSA) is 50.2 Å². The molecule has 0 atom stereocenters. The van der Waals surface area contributed by atoms with Crippen LogP contribution in [-0.2, 0) is 0 Å². The van der Waals surface area contributed by atoms with E-state index in [0.717, 1.165) is 5.65 Å². The molecule has 4 nitrogen and oxygen atoms in total. The van der Waals surface area contributed by atoms with E-state index in [1.165, 1.54) is 0 Å². The number of carbonyl (C=O) groups is 1. The molecule has 2 rings (SSSR count). The van der Waals surface area contributed by atoms with Crippen LogP contribution in [0.15, 0.2) is 18.5 Å². The highest BCUT2D eigenvalue weighted by Crippen LogP contribution is 2.20. The molecule has 4 heteroatoms. The van der Waals surface area contributed by atoms with Crippen molar-refractivity contribution < 1.29 is 4.79 Å². The summed E-state index contributed by atoms with van der Waals surface area (Å²) in [6.45, 7) is 5.68. The standard InChI is InChI=1S/C10H13N3O/c1-10(2,3)9(14)7-6-8-11-4-5-13(8)12-7/h4-6,11H,1-3H3. The number of H-pyrrole nitrogens is 1. The van der Waals surface area contributed by atoms with Crippen molar-refractivity contribution in [2.75, 3.05) is 0 Å². The lowest BCUT2D eigenvalue weighted by molar-refractivity contribution is 0.0852. The second-order valence-electron chi connectivity index (χ2n) is 4.40. The largest absolute Gasteiger partial charge is 0.345 e. The van der Waals surface area contributed by atoms with Crippen molar-refractivity contribution >= 4 is 11.4 Å². The third-order valence-corrected chi connectivity index (χ3v) is 2.10. The SMILES string of the molecule is CC(C)(C)C(=O)c1cc2[nH]ccn2n1. The van der Waals surface area contributed by atoms with Gasteiger partial charge in [-0.2, -0.15) is 5.10 Å². The number of imidazole rings is 1. The van der Waals surface area contributed by atoms with E-state index in [1.54, 1.807) is 23.0 Å². The number of Topliss-reactive ketones (excluding diaryl/α,β-unsaturated/α-hetero) is 1. The Kier molecular flexibility index (Phi) is 1.74. The van der Waals surface area contributed by atoms with Crippen molar-refractivity contribution in [3.63, 3.8) is 0 Å². The van der Waals surface area contributed by atoms with E-state index >= 15 is 0 Å². The van der Waals surface area contributed by atoms with Gasteiger partial charge in [-0.3, -0.25) is 4.79 Å². The van der Waals surface area contributed by atoms with E-state index < -0.39 is 0 Å². The summed E-state index contributed by atoms with van der Waals surface area (Å²) in [5, 5.41) is 4.17. The Hall–Kier alpha value is -1.58. The summed E-state index contributed by atoms with van der Waals surface area (Å²) >= 11 is 0. The van der Waals surface area contributed by atoms with Gasteiger partial charge >= 0.3 is 0 Å². The maximum absolute atomic E-state index is 11.8. The summed E-state index contributed by atoms with van der Waals surface area (Å²) in [6, 6.07) is 1.77. The molecule has 0 aliphatic rings. The van der Waals surface area contributed by atoms with Crippen molar-refractivity contribution in [2.24, 2.45) is 5.41 Å². The molecule has 0 saturated heterocycles. The first kappa shape index (κ1) is 8.99. The van der Waals surface area contributed by atoms with Crippen LogP contribution in [0, 0.1) is 5.41 Å². The molecule has 14 heavy (non-hydrogen) atoms. The van der Waals surface area contributed by atoms with Gasteiger partial charge in [0.05, 0.1) is 0 Å². The molecule has 0 aromatic carbocycles. The Labute approximate surface area is 81.9 Å². The molecule has 74 valence electrons. The van der Waals surface area contributed by atoms with E-state index in [4.69, 9.17) is 0 Å². The average molecular weight is 191 g/mol. The van der Waals surface area contributed by atoms with Gasteiger partial charge in [-0.05, 0) is 0 Å². The Morgan fingerprint density at radius 1 is 1.50 bits per heavy atom. The highest BCUT2D eigenvalue weighted by atomic mass is 16.1. The highest BCUT2D eigenvalue weighted by molar-refractivity contribution is 5.98. The quantitative estimate of drug-likeness (QED) is 0.700. The van der Waals surface area contributed by atoms with Gasteiger partial charge in [-0.1, -0.05) is 20.8 Å². The molecular weight excluding hydrogens is 178 g/mol. The van der Waals surface area contributed by atoms with Crippen LogP contribution < -0.4 is 0 Å². The van der Waals surface area contributed by atoms with Crippen molar-refractivity contribution in [3.05, 3.63) is 24.2 Å². The summed E-state index contributed by atoms with van der Waals surface area (Å²) in [4.78, 5) is 14.8. The van der Waals surface area contributed by atoms with Crippen LogP contribution in [0.1, 0.15) is 31.3 Å². The van der Waals surface area contributed by atoms with Gasteiger partial charge in [0.1, 0.15) is 11.3 Å². The van der Waals surface area contributed by atoms with Gasteiger partial charge in [0.25, 0.3) is 0 Å². The summed E-state index contributed by atoms with van der Waals surface area (Å²) in [6.07, 6.45) is 3.57. The number of aromatic nitrogens is 3. The first-order valence-corrected chi connectivity index (χ1v) is 4.56. The molecule has 0 bridgehead atoms. The lowest BCUT2D eigenvalue weighted by Gasteiger charge is -2.13. The number of carbonyl (C=O) groups excluding carboxylic acids is 1. The van der Waals surface area contributed by atoms with Gasteiger partial charge in [0.2, 0.25) is 0 Å². The summed E-state index contributed by atoms with van der Waals surface area (Å²) in [5.74, 6) is 0.0644. The van der Waals surface area contributed by atoms with Crippen molar-refractivity contribution in [3.8, 4) is 0 Å². The number of ketones is 1. The van der Waals surface area contributed by atoms with Crippen LogP contribution in [0.3, 0.4) is 0 Å². The van der Waals surface area contributed by atoms with E-state index in [2.05, 4.69) is 10.1 Å². The van der Waals surface area contributed by atoms with Gasteiger partial charge in [0.15, 0.2) is 5.78 Å². The zero-order valence-electron chi connectivity index (χ0n) is 8.53.